The number of carboxylic acid groups (broad SMARTS) is 1. The molecule has 0 aromatic carbocycles. The summed E-state index contributed by atoms with van der Waals surface area (Å²) >= 11 is 0. The Morgan fingerprint density at radius 2 is 2.00 bits per heavy atom. The molecule has 0 aromatic rings. The molecule has 2 atom stereocenters. The standard InChI is InChI=1S/C14H24N2O4/c1-14(2,7-5-11(17)18)16-13(19)15-10-6-8-20-12(10)9-3-4-9/h9-10,12H,3-8H2,1-2H3,(H,17,18)(H2,15,16,19). The van der Waals surface area contributed by atoms with Gasteiger partial charge in [-0.25, -0.2) is 4.79 Å². The smallest absolute Gasteiger partial charge is 0.315 e. The fraction of sp³-hybridized carbons (Fsp3) is 0.857. The molecule has 2 fully saturated rings. The second kappa shape index (κ2) is 5.99. The van der Waals surface area contributed by atoms with E-state index in [-0.39, 0.29) is 24.6 Å². The Hall–Kier alpha value is -1.30. The molecule has 2 rings (SSSR count). The van der Waals surface area contributed by atoms with Gasteiger partial charge in [-0.3, -0.25) is 4.79 Å². The highest BCUT2D eigenvalue weighted by Crippen LogP contribution is 2.38. The topological polar surface area (TPSA) is 87.7 Å². The van der Waals surface area contributed by atoms with E-state index >= 15 is 0 Å². The van der Waals surface area contributed by atoms with Crippen molar-refractivity contribution >= 4 is 12.0 Å². The maximum absolute atomic E-state index is 12.0. The molecule has 2 amide bonds. The third-order valence-corrected chi connectivity index (χ3v) is 3.95. The van der Waals surface area contributed by atoms with E-state index in [0.717, 1.165) is 6.42 Å². The summed E-state index contributed by atoms with van der Waals surface area (Å²) in [5.41, 5.74) is -0.531. The van der Waals surface area contributed by atoms with Gasteiger partial charge in [0.05, 0.1) is 12.1 Å². The van der Waals surface area contributed by atoms with Crippen LogP contribution in [0, 0.1) is 5.92 Å². The number of urea groups is 1. The number of hydrogen-bond donors (Lipinski definition) is 3. The molecular weight excluding hydrogens is 260 g/mol. The second-order valence-electron chi connectivity index (χ2n) is 6.44. The first-order chi connectivity index (χ1) is 9.37. The lowest BCUT2D eigenvalue weighted by atomic mass is 9.98. The number of carbonyl (C=O) groups is 2. The van der Waals surface area contributed by atoms with Gasteiger partial charge in [0.1, 0.15) is 0 Å². The zero-order valence-electron chi connectivity index (χ0n) is 12.1. The van der Waals surface area contributed by atoms with E-state index < -0.39 is 11.5 Å². The molecule has 1 aliphatic carbocycles. The van der Waals surface area contributed by atoms with Crippen LogP contribution < -0.4 is 10.6 Å². The average molecular weight is 284 g/mol. The van der Waals surface area contributed by atoms with Crippen molar-refractivity contribution in [2.45, 2.75) is 63.6 Å². The van der Waals surface area contributed by atoms with Crippen molar-refractivity contribution in [2.75, 3.05) is 6.61 Å². The quantitative estimate of drug-likeness (QED) is 0.689. The second-order valence-corrected chi connectivity index (χ2v) is 6.44. The van der Waals surface area contributed by atoms with Gasteiger partial charge in [0.15, 0.2) is 0 Å². The number of rotatable bonds is 6. The van der Waals surface area contributed by atoms with E-state index in [4.69, 9.17) is 9.84 Å². The van der Waals surface area contributed by atoms with E-state index in [1.807, 2.05) is 13.8 Å². The lowest BCUT2D eigenvalue weighted by Gasteiger charge is -2.28. The predicted octanol–water partition coefficient (Wildman–Crippen LogP) is 1.50. The summed E-state index contributed by atoms with van der Waals surface area (Å²) in [6, 6.07) is -0.153. The van der Waals surface area contributed by atoms with Gasteiger partial charge in [0.2, 0.25) is 0 Å². The molecule has 2 unspecified atom stereocenters. The molecule has 0 radical (unpaired) electrons. The summed E-state index contributed by atoms with van der Waals surface area (Å²) in [6.07, 6.45) is 3.84. The van der Waals surface area contributed by atoms with Crippen LogP contribution in [-0.4, -0.2) is 41.4 Å². The number of amides is 2. The van der Waals surface area contributed by atoms with E-state index in [2.05, 4.69) is 10.6 Å². The van der Waals surface area contributed by atoms with Crippen LogP contribution in [0.3, 0.4) is 0 Å². The largest absolute Gasteiger partial charge is 0.481 e. The highest BCUT2D eigenvalue weighted by molar-refractivity contribution is 5.75. The van der Waals surface area contributed by atoms with E-state index in [1.54, 1.807) is 0 Å². The number of nitrogens with one attached hydrogen (secondary N) is 2. The van der Waals surface area contributed by atoms with Crippen molar-refractivity contribution in [2.24, 2.45) is 5.92 Å². The van der Waals surface area contributed by atoms with Gasteiger partial charge in [-0.15, -0.1) is 0 Å². The highest BCUT2D eigenvalue weighted by Gasteiger charge is 2.41. The van der Waals surface area contributed by atoms with Crippen molar-refractivity contribution in [1.29, 1.82) is 0 Å². The Kier molecular flexibility index (Phi) is 4.52. The van der Waals surface area contributed by atoms with Crippen LogP contribution in [0.15, 0.2) is 0 Å². The van der Waals surface area contributed by atoms with Crippen molar-refractivity contribution in [1.82, 2.24) is 10.6 Å². The number of hydrogen-bond acceptors (Lipinski definition) is 3. The van der Waals surface area contributed by atoms with Crippen molar-refractivity contribution < 1.29 is 19.4 Å². The molecule has 1 saturated carbocycles. The minimum atomic E-state index is -0.849. The number of carbonyl (C=O) groups excluding carboxylic acids is 1. The van der Waals surface area contributed by atoms with Crippen LogP contribution in [0.25, 0.3) is 0 Å². The van der Waals surface area contributed by atoms with Crippen LogP contribution >= 0.6 is 0 Å². The lowest BCUT2D eigenvalue weighted by molar-refractivity contribution is -0.137. The summed E-state index contributed by atoms with van der Waals surface area (Å²) in [5.74, 6) is -0.249. The number of aliphatic carboxylic acids is 1. The van der Waals surface area contributed by atoms with Crippen LogP contribution in [-0.2, 0) is 9.53 Å². The number of ether oxygens (including phenoxy) is 1. The maximum atomic E-state index is 12.0. The Morgan fingerprint density at radius 3 is 2.60 bits per heavy atom. The first-order valence-electron chi connectivity index (χ1n) is 7.29. The zero-order valence-corrected chi connectivity index (χ0v) is 12.1. The van der Waals surface area contributed by atoms with Crippen LogP contribution in [0.1, 0.15) is 46.0 Å². The van der Waals surface area contributed by atoms with E-state index in [9.17, 15) is 9.59 Å². The van der Waals surface area contributed by atoms with Crippen molar-refractivity contribution in [3.05, 3.63) is 0 Å². The van der Waals surface area contributed by atoms with Gasteiger partial charge in [-0.1, -0.05) is 0 Å². The maximum Gasteiger partial charge on any atom is 0.315 e. The van der Waals surface area contributed by atoms with Gasteiger partial charge in [0, 0.05) is 18.6 Å². The Morgan fingerprint density at radius 1 is 1.30 bits per heavy atom. The van der Waals surface area contributed by atoms with E-state index in [0.29, 0.717) is 18.9 Å². The molecule has 1 heterocycles. The Balaban J connectivity index is 1.77. The van der Waals surface area contributed by atoms with E-state index in [1.165, 1.54) is 12.8 Å². The summed E-state index contributed by atoms with van der Waals surface area (Å²) in [4.78, 5) is 22.6. The Bertz CT molecular complexity index is 379. The summed E-state index contributed by atoms with van der Waals surface area (Å²) < 4.78 is 5.68. The minimum Gasteiger partial charge on any atom is -0.481 e. The molecule has 2 aliphatic rings. The molecule has 114 valence electrons. The first-order valence-corrected chi connectivity index (χ1v) is 7.29. The number of carboxylic acids is 1. The lowest BCUT2D eigenvalue weighted by Crippen LogP contribution is -2.53. The third kappa shape index (κ3) is 4.37. The molecule has 6 nitrogen and oxygen atoms in total. The molecule has 20 heavy (non-hydrogen) atoms. The average Bonchev–Trinajstić information content (AvgIpc) is 3.08. The van der Waals surface area contributed by atoms with Crippen LogP contribution in [0.5, 0.6) is 0 Å². The minimum absolute atomic E-state index is 0.0461. The summed E-state index contributed by atoms with van der Waals surface area (Å²) in [7, 11) is 0. The Labute approximate surface area is 119 Å². The molecule has 6 heteroatoms. The normalized spacial score (nSPS) is 26.3. The van der Waals surface area contributed by atoms with Gasteiger partial charge < -0.3 is 20.5 Å². The van der Waals surface area contributed by atoms with Crippen LogP contribution in [0.4, 0.5) is 4.79 Å². The molecular formula is C14H24N2O4. The third-order valence-electron chi connectivity index (χ3n) is 3.95. The molecule has 0 aromatic heterocycles. The summed E-state index contributed by atoms with van der Waals surface area (Å²) in [5, 5.41) is 14.5. The van der Waals surface area contributed by atoms with Crippen molar-refractivity contribution in [3.8, 4) is 0 Å². The fourth-order valence-corrected chi connectivity index (χ4v) is 2.65. The molecule has 1 saturated heterocycles. The van der Waals surface area contributed by atoms with Crippen LogP contribution in [0.2, 0.25) is 0 Å². The SMILES string of the molecule is CC(C)(CCC(=O)O)NC(=O)NC1CCOC1C1CC1. The molecule has 1 aliphatic heterocycles. The fourth-order valence-electron chi connectivity index (χ4n) is 2.65. The first kappa shape index (κ1) is 15.1. The van der Waals surface area contributed by atoms with Gasteiger partial charge in [-0.2, -0.15) is 0 Å². The van der Waals surface area contributed by atoms with Gasteiger partial charge >= 0.3 is 12.0 Å². The monoisotopic (exact) mass is 284 g/mol. The van der Waals surface area contributed by atoms with Gasteiger partial charge in [0.25, 0.3) is 0 Å². The summed E-state index contributed by atoms with van der Waals surface area (Å²) in [6.45, 7) is 4.37. The molecule has 0 bridgehead atoms. The molecule has 0 spiro atoms. The van der Waals surface area contributed by atoms with Crippen molar-refractivity contribution in [3.63, 3.8) is 0 Å². The predicted molar refractivity (Wildman–Crippen MR) is 73.5 cm³/mol. The van der Waals surface area contributed by atoms with Gasteiger partial charge in [-0.05, 0) is 45.4 Å². The highest BCUT2D eigenvalue weighted by atomic mass is 16.5. The zero-order chi connectivity index (χ0) is 14.8. The molecule has 3 N–H and O–H groups in total.